The van der Waals surface area contributed by atoms with Gasteiger partial charge in [0.2, 0.25) is 5.91 Å². The van der Waals surface area contributed by atoms with Gasteiger partial charge in [0.1, 0.15) is 23.5 Å². The number of amides is 1. The van der Waals surface area contributed by atoms with Crippen molar-refractivity contribution in [3.63, 3.8) is 0 Å². The van der Waals surface area contributed by atoms with Crippen molar-refractivity contribution in [1.29, 1.82) is 0 Å². The van der Waals surface area contributed by atoms with Gasteiger partial charge in [-0.1, -0.05) is 22.9 Å². The van der Waals surface area contributed by atoms with Crippen molar-refractivity contribution < 1.29 is 23.1 Å². The van der Waals surface area contributed by atoms with E-state index in [2.05, 4.69) is 20.3 Å². The van der Waals surface area contributed by atoms with Crippen LogP contribution in [0.2, 0.25) is 5.02 Å². The van der Waals surface area contributed by atoms with Crippen molar-refractivity contribution in [2.24, 2.45) is 0 Å². The number of hydrogen-bond donors (Lipinski definition) is 2. The number of nitrogens with zero attached hydrogens (tertiary/aromatic N) is 4. The number of rotatable bonds is 6. The summed E-state index contributed by atoms with van der Waals surface area (Å²) in [5, 5.41) is 3.74. The summed E-state index contributed by atoms with van der Waals surface area (Å²) in [6.45, 7) is 2.60. The van der Waals surface area contributed by atoms with E-state index in [1.165, 1.54) is 29.4 Å². The molecular weight excluding hydrogens is 526 g/mol. The molecule has 0 radical (unpaired) electrons. The molecule has 0 aliphatic carbocycles. The predicted molar refractivity (Wildman–Crippen MR) is 137 cm³/mol. The number of nitrogen functional groups attached to an aromatic ring is 1. The quantitative estimate of drug-likeness (QED) is 0.274. The van der Waals surface area contributed by atoms with E-state index in [9.17, 15) is 14.0 Å². The molecule has 0 saturated carbocycles. The van der Waals surface area contributed by atoms with E-state index in [-0.39, 0.29) is 50.0 Å². The normalized spacial score (nSPS) is 13.9. The summed E-state index contributed by atoms with van der Waals surface area (Å²) in [5.41, 5.74) is 6.32. The van der Waals surface area contributed by atoms with Gasteiger partial charge in [0.15, 0.2) is 10.9 Å². The molecule has 13 heteroatoms. The minimum absolute atomic E-state index is 0.0159. The third kappa shape index (κ3) is 4.65. The summed E-state index contributed by atoms with van der Waals surface area (Å²) < 4.78 is 35.0. The first-order valence-corrected chi connectivity index (χ1v) is 12.3. The number of thiazole rings is 1. The van der Waals surface area contributed by atoms with Crippen LogP contribution in [-0.4, -0.2) is 57.5 Å². The molecular formula is C24H19ClF2N6O3S. The molecule has 3 heterocycles. The van der Waals surface area contributed by atoms with Crippen LogP contribution >= 0.6 is 22.9 Å². The second-order valence-corrected chi connectivity index (χ2v) is 9.60. The van der Waals surface area contributed by atoms with Crippen molar-refractivity contribution in [2.75, 3.05) is 30.7 Å². The minimum Gasteiger partial charge on any atom is -0.463 e. The second kappa shape index (κ2) is 9.87. The van der Waals surface area contributed by atoms with Crippen molar-refractivity contribution in [3.05, 3.63) is 53.3 Å². The van der Waals surface area contributed by atoms with Crippen LogP contribution in [0.4, 0.5) is 19.7 Å². The van der Waals surface area contributed by atoms with Crippen LogP contribution in [0.1, 0.15) is 6.92 Å². The average Bonchev–Trinajstić information content (AvgIpc) is 3.24. The van der Waals surface area contributed by atoms with Gasteiger partial charge in [0, 0.05) is 41.8 Å². The molecule has 9 nitrogen and oxygen atoms in total. The van der Waals surface area contributed by atoms with Crippen LogP contribution in [0.3, 0.4) is 0 Å². The summed E-state index contributed by atoms with van der Waals surface area (Å²) in [7, 11) is 0. The fourth-order valence-corrected chi connectivity index (χ4v) is 5.12. The Morgan fingerprint density at radius 3 is 2.81 bits per heavy atom. The lowest BCUT2D eigenvalue weighted by molar-refractivity contribution is -0.138. The molecule has 190 valence electrons. The number of nitrogens with two attached hydrogens (primary N) is 1. The number of halogens is 3. The number of esters is 1. The van der Waals surface area contributed by atoms with E-state index in [0.717, 1.165) is 23.5 Å². The van der Waals surface area contributed by atoms with Crippen molar-refractivity contribution in [2.45, 2.75) is 13.0 Å². The van der Waals surface area contributed by atoms with Gasteiger partial charge in [-0.15, -0.1) is 0 Å². The Kier molecular flexibility index (Phi) is 6.61. The van der Waals surface area contributed by atoms with E-state index in [4.69, 9.17) is 22.1 Å². The molecule has 1 saturated heterocycles. The Morgan fingerprint density at radius 1 is 1.27 bits per heavy atom. The summed E-state index contributed by atoms with van der Waals surface area (Å²) in [6, 6.07) is 4.00. The van der Waals surface area contributed by atoms with E-state index in [1.54, 1.807) is 6.92 Å². The maximum Gasteiger partial charge on any atom is 0.330 e. The monoisotopic (exact) mass is 544 g/mol. The van der Waals surface area contributed by atoms with Crippen molar-refractivity contribution in [3.8, 4) is 11.1 Å². The molecule has 3 N–H and O–H groups in total. The lowest BCUT2D eigenvalue weighted by Gasteiger charge is -2.39. The van der Waals surface area contributed by atoms with Crippen LogP contribution < -0.4 is 11.1 Å². The molecule has 2 aromatic heterocycles. The predicted octanol–water partition coefficient (Wildman–Crippen LogP) is 4.16. The molecule has 1 aliphatic heterocycles. The summed E-state index contributed by atoms with van der Waals surface area (Å²) in [4.78, 5) is 37.6. The number of ether oxygens (including phenoxy) is 1. The number of anilines is 2. The highest BCUT2D eigenvalue weighted by molar-refractivity contribution is 7.22. The van der Waals surface area contributed by atoms with Gasteiger partial charge in [0.25, 0.3) is 0 Å². The molecule has 0 unspecified atom stereocenters. The summed E-state index contributed by atoms with van der Waals surface area (Å²) in [5.74, 6) is -1.79. The molecule has 5 rings (SSSR count). The largest absolute Gasteiger partial charge is 0.463 e. The molecule has 1 aliphatic rings. The van der Waals surface area contributed by atoms with Gasteiger partial charge in [-0.2, -0.15) is 0 Å². The van der Waals surface area contributed by atoms with Crippen LogP contribution in [0.5, 0.6) is 0 Å². The van der Waals surface area contributed by atoms with Gasteiger partial charge in [-0.3, -0.25) is 4.79 Å². The lowest BCUT2D eigenvalue weighted by Crippen LogP contribution is -2.56. The average molecular weight is 545 g/mol. The number of carbonyl (C=O) groups is 2. The molecule has 37 heavy (non-hydrogen) atoms. The topological polar surface area (TPSA) is 123 Å². The highest BCUT2D eigenvalue weighted by Crippen LogP contribution is 2.41. The van der Waals surface area contributed by atoms with Crippen molar-refractivity contribution in [1.82, 2.24) is 19.9 Å². The highest BCUT2D eigenvalue weighted by Gasteiger charge is 2.30. The highest BCUT2D eigenvalue weighted by atomic mass is 35.5. The number of carbonyl (C=O) groups excluding carboxylic acids is 2. The zero-order chi connectivity index (χ0) is 26.3. The standard InChI is InChI=1S/C24H19ClF2N6O3S/c1-2-36-17(35)6-5-16(34)33-8-11(9-33)31-23-13-7-14(25)18(19(27)20(13)29-10-30-23)12-3-4-15(26)22-21(12)32-24(28)37-22/h3-7,10-11H,2,8-9H2,1H3,(H2,28,32)(H,29,30,31)/b6-5+. The number of fused-ring (bicyclic) bond motifs is 2. The Hall–Kier alpha value is -3.90. The lowest BCUT2D eigenvalue weighted by atomic mass is 10.0. The maximum atomic E-state index is 15.8. The van der Waals surface area contributed by atoms with Gasteiger partial charge < -0.3 is 20.7 Å². The maximum absolute atomic E-state index is 15.8. The smallest absolute Gasteiger partial charge is 0.330 e. The van der Waals surface area contributed by atoms with Crippen LogP contribution in [0.15, 0.2) is 36.7 Å². The molecule has 0 spiro atoms. The number of hydrogen-bond acceptors (Lipinski definition) is 9. The molecule has 2 aromatic carbocycles. The fourth-order valence-electron chi connectivity index (χ4n) is 4.06. The van der Waals surface area contributed by atoms with E-state index < -0.39 is 17.6 Å². The van der Waals surface area contributed by atoms with Crippen molar-refractivity contribution >= 4 is 66.9 Å². The summed E-state index contributed by atoms with van der Waals surface area (Å²) >= 11 is 7.49. The number of aromatic nitrogens is 3. The third-order valence-corrected chi connectivity index (χ3v) is 6.98. The summed E-state index contributed by atoms with van der Waals surface area (Å²) in [6.07, 6.45) is 3.46. The SMILES string of the molecule is CCOC(=O)/C=C/C(=O)N1CC(Nc2ncnc3c(F)c(-c4ccc(F)c5sc(N)nc45)c(Cl)cc23)C1. The fraction of sp³-hybridized carbons (Fsp3) is 0.208. The van der Waals surface area contributed by atoms with Gasteiger partial charge >= 0.3 is 5.97 Å². The Balaban J connectivity index is 1.40. The second-order valence-electron chi connectivity index (χ2n) is 8.16. The number of likely N-dealkylation sites (tertiary alicyclic amines) is 1. The Bertz CT molecular complexity index is 1590. The molecule has 1 fully saturated rings. The van der Waals surface area contributed by atoms with E-state index in [1.807, 2.05) is 0 Å². The Morgan fingerprint density at radius 2 is 2.05 bits per heavy atom. The first-order chi connectivity index (χ1) is 17.8. The van der Waals surface area contributed by atoms with Gasteiger partial charge in [-0.05, 0) is 25.1 Å². The van der Waals surface area contributed by atoms with Gasteiger partial charge in [-0.25, -0.2) is 28.5 Å². The zero-order valence-electron chi connectivity index (χ0n) is 19.3. The molecule has 0 bridgehead atoms. The molecule has 0 atom stereocenters. The van der Waals surface area contributed by atoms with E-state index >= 15 is 4.39 Å². The minimum atomic E-state index is -0.707. The number of nitrogens with one attached hydrogen (secondary N) is 1. The third-order valence-electron chi connectivity index (χ3n) is 5.79. The molecule has 1 amide bonds. The first-order valence-electron chi connectivity index (χ1n) is 11.1. The molecule has 4 aromatic rings. The zero-order valence-corrected chi connectivity index (χ0v) is 20.9. The number of benzene rings is 2. The van der Waals surface area contributed by atoms with Crippen LogP contribution in [-0.2, 0) is 14.3 Å². The first kappa shape index (κ1) is 24.8. The van der Waals surface area contributed by atoms with Gasteiger partial charge in [0.05, 0.1) is 27.9 Å². The van der Waals surface area contributed by atoms with E-state index in [0.29, 0.717) is 29.9 Å². The van der Waals surface area contributed by atoms with Crippen LogP contribution in [0.25, 0.3) is 32.2 Å². The Labute approximate surface area is 217 Å². The van der Waals surface area contributed by atoms with Crippen LogP contribution in [0, 0.1) is 11.6 Å².